The van der Waals surface area contributed by atoms with Crippen molar-refractivity contribution in [1.82, 2.24) is 16.0 Å². The van der Waals surface area contributed by atoms with Gasteiger partial charge in [-0.2, -0.15) is 0 Å². The highest BCUT2D eigenvalue weighted by atomic mass is 16.4. The summed E-state index contributed by atoms with van der Waals surface area (Å²) in [5, 5.41) is 51.0. The van der Waals surface area contributed by atoms with E-state index < -0.39 is 82.7 Å². The van der Waals surface area contributed by atoms with Crippen LogP contribution >= 0.6 is 0 Å². The third kappa shape index (κ3) is 8.30. The minimum Gasteiger partial charge on any atom is -0.479 e. The molecule has 0 rings (SSSR count). The zero-order valence-corrected chi connectivity index (χ0v) is 24.8. The number of Topliss-reactive ketones (excluding diaryl/α,β-unsaturated/α-hetero) is 5. The molecule has 0 radical (unpaired) electrons. The number of nitrogens with one attached hydrogen (secondary N) is 3. The minimum absolute atomic E-state index is 0.262. The summed E-state index contributed by atoms with van der Waals surface area (Å²) in [6.07, 6.45) is -0.802. The second kappa shape index (κ2) is 15.5. The molecule has 0 aromatic carbocycles. The smallest absolute Gasteiger partial charge is 0.344 e. The van der Waals surface area contributed by atoms with Crippen molar-refractivity contribution in [2.75, 3.05) is 21.1 Å². The molecule has 0 aliphatic carbocycles. The number of rotatable bonds is 21. The van der Waals surface area contributed by atoms with Crippen molar-refractivity contribution < 1.29 is 49.2 Å². The van der Waals surface area contributed by atoms with Crippen LogP contribution in [0.2, 0.25) is 0 Å². The predicted molar refractivity (Wildman–Crippen MR) is 146 cm³/mol. The van der Waals surface area contributed by atoms with Gasteiger partial charge in [0.25, 0.3) is 0 Å². The number of carbonyl (C=O) groups is 6. The topological polar surface area (TPSA) is 219 Å². The van der Waals surface area contributed by atoms with Crippen molar-refractivity contribution in [3.63, 3.8) is 0 Å². The molecule has 0 saturated carbocycles. The second-order valence-electron chi connectivity index (χ2n) is 10.5. The summed E-state index contributed by atoms with van der Waals surface area (Å²) in [5.74, 6) is -9.29. The third-order valence-corrected chi connectivity index (χ3v) is 7.59. The van der Waals surface area contributed by atoms with E-state index in [2.05, 4.69) is 16.0 Å². The fourth-order valence-electron chi connectivity index (χ4n) is 4.42. The van der Waals surface area contributed by atoms with Crippen LogP contribution in [0.4, 0.5) is 0 Å². The number of carboxylic acid groups (broad SMARTS) is 1. The van der Waals surface area contributed by atoms with Crippen LogP contribution < -0.4 is 16.0 Å². The first-order valence-corrected chi connectivity index (χ1v) is 13.5. The van der Waals surface area contributed by atoms with Gasteiger partial charge in [-0.3, -0.25) is 24.0 Å². The molecule has 0 saturated heterocycles. The fourth-order valence-corrected chi connectivity index (χ4v) is 4.42. The normalized spacial score (nSPS) is 19.2. The highest BCUT2D eigenvalue weighted by molar-refractivity contribution is 6.25. The van der Waals surface area contributed by atoms with Crippen molar-refractivity contribution in [3.05, 3.63) is 0 Å². The zero-order chi connectivity index (χ0) is 31.6. The molecule has 7 atom stereocenters. The molecule has 7 N–H and O–H groups in total. The maximum Gasteiger partial charge on any atom is 0.344 e. The van der Waals surface area contributed by atoms with Crippen LogP contribution in [0.25, 0.3) is 0 Å². The van der Waals surface area contributed by atoms with E-state index in [0.29, 0.717) is 19.3 Å². The van der Waals surface area contributed by atoms with Gasteiger partial charge in [-0.15, -0.1) is 0 Å². The maximum absolute atomic E-state index is 13.6. The van der Waals surface area contributed by atoms with Crippen LogP contribution in [0.3, 0.4) is 0 Å². The first-order valence-electron chi connectivity index (χ1n) is 13.5. The molecule has 40 heavy (non-hydrogen) atoms. The molecule has 0 aromatic heterocycles. The van der Waals surface area contributed by atoms with Crippen LogP contribution in [0.5, 0.6) is 0 Å². The summed E-state index contributed by atoms with van der Waals surface area (Å²) in [6.45, 7) is 7.39. The highest BCUT2D eigenvalue weighted by Crippen LogP contribution is 2.30. The van der Waals surface area contributed by atoms with E-state index in [0.717, 1.165) is 6.92 Å². The quantitative estimate of drug-likeness (QED) is 0.0814. The molecule has 13 nitrogen and oxygen atoms in total. The van der Waals surface area contributed by atoms with Gasteiger partial charge in [0.2, 0.25) is 11.4 Å². The largest absolute Gasteiger partial charge is 0.479 e. The molecule has 0 spiro atoms. The molecule has 0 fully saturated rings. The van der Waals surface area contributed by atoms with Crippen LogP contribution in [0.15, 0.2) is 0 Å². The summed E-state index contributed by atoms with van der Waals surface area (Å²) >= 11 is 0. The van der Waals surface area contributed by atoms with Gasteiger partial charge in [0, 0.05) is 0 Å². The fraction of sp³-hybridized carbons (Fsp3) is 0.778. The Hall–Kier alpha value is -2.42. The molecule has 230 valence electrons. The van der Waals surface area contributed by atoms with Gasteiger partial charge in [0.05, 0.1) is 31.0 Å². The van der Waals surface area contributed by atoms with Crippen LogP contribution in [-0.2, 0) is 28.8 Å². The molecule has 0 amide bonds. The molecule has 0 aromatic rings. The van der Waals surface area contributed by atoms with E-state index in [9.17, 15) is 49.2 Å². The standard InChI is InChI=1S/C27H47N3O10/c1-9-11-12-17(29-7)22(34)25(5,38)19(32)14-26(39,21(33)16(4)28-6)23(35)27(40,24(36)37)13-18(31)20(30-8)15(3)10-2/h15-17,20,28-30,38-40H,9-14H2,1-8H3,(H,36,37)/t15?,16-,17-,20+,25?,26?,27?/m0/s1. The lowest BCUT2D eigenvalue weighted by molar-refractivity contribution is -0.181. The summed E-state index contributed by atoms with van der Waals surface area (Å²) in [6, 6.07) is -3.27. The van der Waals surface area contributed by atoms with Gasteiger partial charge < -0.3 is 36.4 Å². The molecular weight excluding hydrogens is 526 g/mol. The van der Waals surface area contributed by atoms with Crippen molar-refractivity contribution in [2.24, 2.45) is 5.92 Å². The van der Waals surface area contributed by atoms with Crippen molar-refractivity contribution in [2.45, 2.75) is 108 Å². The van der Waals surface area contributed by atoms with Crippen molar-refractivity contribution in [3.8, 4) is 0 Å². The van der Waals surface area contributed by atoms with Crippen LogP contribution in [0.1, 0.15) is 73.1 Å². The molecule has 0 aliphatic rings. The lowest BCUT2D eigenvalue weighted by Crippen LogP contribution is -2.66. The Bertz CT molecular complexity index is 953. The SMILES string of the molecule is CCCC[C@H](NC)C(=O)C(C)(O)C(=O)CC(O)(C(=O)[C@H](C)NC)C(=O)C(O)(CC(=O)[C@H](NC)C(C)CC)C(=O)O. The molecule has 0 bridgehead atoms. The number of ketones is 5. The minimum atomic E-state index is -3.61. The Morgan fingerprint density at radius 3 is 1.75 bits per heavy atom. The number of hydrogen-bond acceptors (Lipinski definition) is 12. The van der Waals surface area contributed by atoms with Crippen molar-refractivity contribution in [1.29, 1.82) is 0 Å². The number of likely N-dealkylation sites (N-methyl/N-ethyl adjacent to an activating group) is 3. The van der Waals surface area contributed by atoms with Gasteiger partial charge in [-0.05, 0) is 47.3 Å². The number of aliphatic carboxylic acids is 1. The number of hydrogen-bond donors (Lipinski definition) is 7. The number of carbonyl (C=O) groups excluding carboxylic acids is 5. The molecule has 4 unspecified atom stereocenters. The summed E-state index contributed by atoms with van der Waals surface area (Å²) in [4.78, 5) is 78.3. The Kier molecular flexibility index (Phi) is 14.6. The lowest BCUT2D eigenvalue weighted by atomic mass is 9.72. The van der Waals surface area contributed by atoms with E-state index in [1.54, 1.807) is 13.8 Å². The van der Waals surface area contributed by atoms with E-state index in [4.69, 9.17) is 0 Å². The third-order valence-electron chi connectivity index (χ3n) is 7.59. The van der Waals surface area contributed by atoms with Gasteiger partial charge in [-0.1, -0.05) is 40.0 Å². The molecule has 0 aliphatic heterocycles. The highest BCUT2D eigenvalue weighted by Gasteiger charge is 2.61. The van der Waals surface area contributed by atoms with E-state index >= 15 is 0 Å². The Morgan fingerprint density at radius 1 is 0.800 bits per heavy atom. The average Bonchev–Trinajstić information content (AvgIpc) is 2.91. The van der Waals surface area contributed by atoms with Gasteiger partial charge in [0.1, 0.15) is 0 Å². The Labute approximate surface area is 235 Å². The Morgan fingerprint density at radius 2 is 1.35 bits per heavy atom. The van der Waals surface area contributed by atoms with Gasteiger partial charge in [0.15, 0.2) is 34.3 Å². The van der Waals surface area contributed by atoms with Gasteiger partial charge >= 0.3 is 5.97 Å². The Balaban J connectivity index is 6.71. The molecule has 13 heteroatoms. The summed E-state index contributed by atoms with van der Waals surface area (Å²) < 4.78 is 0. The summed E-state index contributed by atoms with van der Waals surface area (Å²) in [5.41, 5.74) is -9.91. The number of unbranched alkanes of at least 4 members (excludes halogenated alkanes) is 1. The number of aliphatic hydroxyl groups is 3. The maximum atomic E-state index is 13.6. The van der Waals surface area contributed by atoms with Crippen LogP contribution in [0, 0.1) is 5.92 Å². The second-order valence-corrected chi connectivity index (χ2v) is 10.5. The first kappa shape index (κ1) is 37.6. The van der Waals surface area contributed by atoms with E-state index in [1.807, 2.05) is 6.92 Å². The monoisotopic (exact) mass is 573 g/mol. The first-order chi connectivity index (χ1) is 18.4. The van der Waals surface area contributed by atoms with E-state index in [1.165, 1.54) is 28.1 Å². The van der Waals surface area contributed by atoms with Gasteiger partial charge in [-0.25, -0.2) is 4.79 Å². The van der Waals surface area contributed by atoms with E-state index in [-0.39, 0.29) is 12.3 Å². The van der Waals surface area contributed by atoms with Crippen molar-refractivity contribution >= 4 is 34.9 Å². The number of carboxylic acids is 1. The zero-order valence-electron chi connectivity index (χ0n) is 24.8. The van der Waals surface area contributed by atoms with Crippen LogP contribution in [-0.4, -0.2) is 111 Å². The molecule has 0 heterocycles. The predicted octanol–water partition coefficient (Wildman–Crippen LogP) is -1.07. The average molecular weight is 574 g/mol. The molecular formula is C27H47N3O10. The summed E-state index contributed by atoms with van der Waals surface area (Å²) in [7, 11) is 4.16. The lowest BCUT2D eigenvalue weighted by Gasteiger charge is -2.35.